The SMILES string of the molecule is CC(C(=O)NN)c1cc([N+](=O)[O-])c(O)c([N+](=O)[O-])c1. The Labute approximate surface area is 106 Å². The van der Waals surface area contributed by atoms with E-state index in [0.29, 0.717) is 0 Å². The summed E-state index contributed by atoms with van der Waals surface area (Å²) in [6.07, 6.45) is 0. The van der Waals surface area contributed by atoms with Crippen molar-refractivity contribution in [3.8, 4) is 5.75 Å². The molecule has 0 aliphatic rings. The summed E-state index contributed by atoms with van der Waals surface area (Å²) in [5.74, 6) is 2.25. The van der Waals surface area contributed by atoms with Crippen molar-refractivity contribution in [1.82, 2.24) is 5.43 Å². The number of aromatic hydroxyl groups is 1. The zero-order valence-corrected chi connectivity index (χ0v) is 9.69. The van der Waals surface area contributed by atoms with Gasteiger partial charge in [0.15, 0.2) is 0 Å². The number of hydrogen-bond donors (Lipinski definition) is 3. The van der Waals surface area contributed by atoms with Crippen LogP contribution in [0.1, 0.15) is 18.4 Å². The highest BCUT2D eigenvalue weighted by Gasteiger charge is 2.29. The maximum atomic E-state index is 11.3. The molecule has 102 valence electrons. The van der Waals surface area contributed by atoms with Crippen LogP contribution in [0.3, 0.4) is 0 Å². The van der Waals surface area contributed by atoms with Crippen LogP contribution in [0.4, 0.5) is 11.4 Å². The van der Waals surface area contributed by atoms with Crippen molar-refractivity contribution in [3.05, 3.63) is 37.9 Å². The Morgan fingerprint density at radius 2 is 1.74 bits per heavy atom. The maximum absolute atomic E-state index is 11.3. The van der Waals surface area contributed by atoms with Crippen LogP contribution in [0.15, 0.2) is 12.1 Å². The van der Waals surface area contributed by atoms with Crippen LogP contribution < -0.4 is 11.3 Å². The number of amides is 1. The summed E-state index contributed by atoms with van der Waals surface area (Å²) in [5, 5.41) is 30.8. The molecule has 0 fully saturated rings. The monoisotopic (exact) mass is 270 g/mol. The minimum absolute atomic E-state index is 0.000787. The van der Waals surface area contributed by atoms with Crippen LogP contribution in [0.2, 0.25) is 0 Å². The average molecular weight is 270 g/mol. The molecular weight excluding hydrogens is 260 g/mol. The molecule has 1 amide bonds. The van der Waals surface area contributed by atoms with E-state index in [2.05, 4.69) is 0 Å². The molecule has 0 saturated carbocycles. The lowest BCUT2D eigenvalue weighted by Crippen LogP contribution is -2.33. The van der Waals surface area contributed by atoms with Crippen LogP contribution in [0.5, 0.6) is 5.75 Å². The second-order valence-electron chi connectivity index (χ2n) is 3.65. The van der Waals surface area contributed by atoms with Crippen LogP contribution in [-0.2, 0) is 4.79 Å². The van der Waals surface area contributed by atoms with Crippen molar-refractivity contribution < 1.29 is 19.7 Å². The minimum Gasteiger partial charge on any atom is -0.497 e. The number of hydrazine groups is 1. The highest BCUT2D eigenvalue weighted by Crippen LogP contribution is 2.38. The predicted molar refractivity (Wildman–Crippen MR) is 62.2 cm³/mol. The molecule has 1 unspecified atom stereocenters. The third-order valence-corrected chi connectivity index (χ3v) is 2.52. The highest BCUT2D eigenvalue weighted by molar-refractivity contribution is 5.83. The topological polar surface area (TPSA) is 162 Å². The first-order valence-electron chi connectivity index (χ1n) is 4.95. The number of hydrogen-bond acceptors (Lipinski definition) is 7. The van der Waals surface area contributed by atoms with Gasteiger partial charge in [0, 0.05) is 12.1 Å². The van der Waals surface area contributed by atoms with Crippen molar-refractivity contribution in [2.75, 3.05) is 0 Å². The van der Waals surface area contributed by atoms with Crippen LogP contribution in [0, 0.1) is 20.2 Å². The quantitative estimate of drug-likeness (QED) is 0.306. The molecule has 0 spiro atoms. The van der Waals surface area contributed by atoms with E-state index in [1.54, 1.807) is 0 Å². The Balaban J connectivity index is 3.47. The third kappa shape index (κ3) is 2.74. The first-order chi connectivity index (χ1) is 8.79. The fraction of sp³-hybridized carbons (Fsp3) is 0.222. The number of rotatable bonds is 4. The Bertz CT molecular complexity index is 523. The van der Waals surface area contributed by atoms with Crippen molar-refractivity contribution in [2.45, 2.75) is 12.8 Å². The third-order valence-electron chi connectivity index (χ3n) is 2.52. The van der Waals surface area contributed by atoms with Crippen LogP contribution >= 0.6 is 0 Å². The molecular formula is C9H10N4O6. The van der Waals surface area contributed by atoms with Gasteiger partial charge in [0.25, 0.3) is 5.75 Å². The summed E-state index contributed by atoms with van der Waals surface area (Å²) >= 11 is 0. The number of nitro benzene ring substituents is 2. The van der Waals surface area contributed by atoms with Gasteiger partial charge in [-0.1, -0.05) is 0 Å². The van der Waals surface area contributed by atoms with Crippen LogP contribution in [-0.4, -0.2) is 20.9 Å². The predicted octanol–water partition coefficient (Wildman–Crippen LogP) is 0.302. The highest BCUT2D eigenvalue weighted by atomic mass is 16.6. The van der Waals surface area contributed by atoms with Gasteiger partial charge in [-0.25, -0.2) is 5.84 Å². The number of nitrogens with zero attached hydrogens (tertiary/aromatic N) is 2. The summed E-state index contributed by atoms with van der Waals surface area (Å²) in [4.78, 5) is 30.8. The zero-order chi connectivity index (χ0) is 14.7. The van der Waals surface area contributed by atoms with E-state index in [1.165, 1.54) is 6.92 Å². The molecule has 19 heavy (non-hydrogen) atoms. The normalized spacial score (nSPS) is 11.7. The second kappa shape index (κ2) is 5.27. The van der Waals surface area contributed by atoms with Crippen molar-refractivity contribution >= 4 is 17.3 Å². The van der Waals surface area contributed by atoms with E-state index in [1.807, 2.05) is 5.43 Å². The first kappa shape index (κ1) is 14.3. The molecule has 10 heteroatoms. The Hall–Kier alpha value is -2.75. The summed E-state index contributed by atoms with van der Waals surface area (Å²) in [6.45, 7) is 1.36. The number of nitro groups is 2. The van der Waals surface area contributed by atoms with E-state index in [4.69, 9.17) is 5.84 Å². The number of nitrogens with two attached hydrogens (primary N) is 1. The lowest BCUT2D eigenvalue weighted by molar-refractivity contribution is -0.396. The molecule has 1 rings (SSSR count). The molecule has 0 bridgehead atoms. The minimum atomic E-state index is -1.06. The number of carbonyl (C=O) groups excluding carboxylic acids is 1. The van der Waals surface area contributed by atoms with Gasteiger partial charge in [0.2, 0.25) is 5.91 Å². The molecule has 0 radical (unpaired) electrons. The van der Waals surface area contributed by atoms with Crippen molar-refractivity contribution in [3.63, 3.8) is 0 Å². The lowest BCUT2D eigenvalue weighted by Gasteiger charge is -2.10. The molecule has 1 atom stereocenters. The van der Waals surface area contributed by atoms with Gasteiger partial charge in [0.05, 0.1) is 15.8 Å². The second-order valence-corrected chi connectivity index (χ2v) is 3.65. The van der Waals surface area contributed by atoms with Gasteiger partial charge in [-0.3, -0.25) is 30.4 Å². The molecule has 0 heterocycles. The molecule has 0 saturated heterocycles. The number of phenolic OH excluding ortho intramolecular Hbond substituents is 1. The van der Waals surface area contributed by atoms with Crippen molar-refractivity contribution in [2.24, 2.45) is 5.84 Å². The van der Waals surface area contributed by atoms with Crippen molar-refractivity contribution in [1.29, 1.82) is 0 Å². The van der Waals surface area contributed by atoms with Gasteiger partial charge in [0.1, 0.15) is 0 Å². The fourth-order valence-electron chi connectivity index (χ4n) is 1.43. The van der Waals surface area contributed by atoms with E-state index in [-0.39, 0.29) is 5.56 Å². The number of carbonyl (C=O) groups is 1. The zero-order valence-electron chi connectivity index (χ0n) is 9.69. The number of benzene rings is 1. The van der Waals surface area contributed by atoms with Crippen LogP contribution in [0.25, 0.3) is 0 Å². The molecule has 4 N–H and O–H groups in total. The van der Waals surface area contributed by atoms with Gasteiger partial charge in [-0.05, 0) is 12.5 Å². The summed E-state index contributed by atoms with van der Waals surface area (Å²) < 4.78 is 0. The van der Waals surface area contributed by atoms with Gasteiger partial charge in [-0.2, -0.15) is 0 Å². The summed E-state index contributed by atoms with van der Waals surface area (Å²) in [7, 11) is 0. The summed E-state index contributed by atoms with van der Waals surface area (Å²) in [6, 6.07) is 1.78. The van der Waals surface area contributed by atoms with E-state index >= 15 is 0 Å². The fourth-order valence-corrected chi connectivity index (χ4v) is 1.43. The Morgan fingerprint density at radius 3 is 2.05 bits per heavy atom. The molecule has 1 aromatic rings. The lowest BCUT2D eigenvalue weighted by atomic mass is 9.99. The summed E-state index contributed by atoms with van der Waals surface area (Å²) in [5.41, 5.74) is 0.140. The van der Waals surface area contributed by atoms with E-state index in [0.717, 1.165) is 12.1 Å². The standard InChI is InChI=1S/C9H10N4O6/c1-4(9(15)11-10)5-2-6(12(16)17)8(14)7(3-5)13(18)19/h2-4,14H,10H2,1H3,(H,11,15). The number of nitrogens with one attached hydrogen (secondary N) is 1. The van der Waals surface area contributed by atoms with E-state index in [9.17, 15) is 30.1 Å². The largest absolute Gasteiger partial charge is 0.497 e. The molecule has 0 aromatic heterocycles. The van der Waals surface area contributed by atoms with Gasteiger partial charge in [-0.15, -0.1) is 0 Å². The Kier molecular flexibility index (Phi) is 3.97. The van der Waals surface area contributed by atoms with Gasteiger partial charge < -0.3 is 5.11 Å². The smallest absolute Gasteiger partial charge is 0.318 e. The molecule has 0 aliphatic carbocycles. The number of phenols is 1. The maximum Gasteiger partial charge on any atom is 0.318 e. The van der Waals surface area contributed by atoms with Gasteiger partial charge >= 0.3 is 11.4 Å². The average Bonchev–Trinajstić information content (AvgIpc) is 2.36. The molecule has 1 aromatic carbocycles. The van der Waals surface area contributed by atoms with E-state index < -0.39 is 38.8 Å². The molecule has 0 aliphatic heterocycles. The first-order valence-corrected chi connectivity index (χ1v) is 4.95. The Morgan fingerprint density at radius 1 is 1.32 bits per heavy atom. The molecule has 10 nitrogen and oxygen atoms in total.